The predicted molar refractivity (Wildman–Crippen MR) is 71.3 cm³/mol. The van der Waals surface area contributed by atoms with Crippen molar-refractivity contribution in [2.45, 2.75) is 71.0 Å². The van der Waals surface area contributed by atoms with E-state index in [-0.39, 0.29) is 0 Å². The van der Waals surface area contributed by atoms with Gasteiger partial charge in [0, 0.05) is 19.0 Å². The first-order valence-corrected chi connectivity index (χ1v) is 7.42. The highest BCUT2D eigenvalue weighted by Gasteiger charge is 2.28. The van der Waals surface area contributed by atoms with Crippen LogP contribution in [0.1, 0.15) is 63.6 Å². The van der Waals surface area contributed by atoms with Gasteiger partial charge in [-0.2, -0.15) is 0 Å². The minimum atomic E-state index is 0.335. The van der Waals surface area contributed by atoms with Crippen molar-refractivity contribution < 1.29 is 0 Å². The summed E-state index contributed by atoms with van der Waals surface area (Å²) in [6.07, 6.45) is 7.58. The van der Waals surface area contributed by atoms with Crippen molar-refractivity contribution in [1.82, 2.24) is 20.1 Å². The van der Waals surface area contributed by atoms with Crippen molar-refractivity contribution in [3.8, 4) is 0 Å². The van der Waals surface area contributed by atoms with Gasteiger partial charge in [0.15, 0.2) is 0 Å². The lowest BCUT2D eigenvalue weighted by Crippen LogP contribution is -2.42. The lowest BCUT2D eigenvalue weighted by atomic mass is 9.81. The Labute approximate surface area is 109 Å². The molecule has 100 valence electrons. The van der Waals surface area contributed by atoms with E-state index in [0.717, 1.165) is 24.7 Å². The Hall–Kier alpha value is -0.900. The molecule has 1 unspecified atom stereocenters. The molecule has 1 aliphatic heterocycles. The molecule has 1 aliphatic carbocycles. The Morgan fingerprint density at radius 3 is 2.83 bits per heavy atom. The lowest BCUT2D eigenvalue weighted by molar-refractivity contribution is 0.222. The molecule has 3 rings (SSSR count). The maximum Gasteiger partial charge on any atom is 0.149 e. The molecule has 0 bridgehead atoms. The van der Waals surface area contributed by atoms with Crippen LogP contribution in [0.5, 0.6) is 0 Å². The Balaban J connectivity index is 1.69. The van der Waals surface area contributed by atoms with Crippen LogP contribution in [0.4, 0.5) is 0 Å². The molecule has 1 N–H and O–H groups in total. The molecule has 18 heavy (non-hydrogen) atoms. The van der Waals surface area contributed by atoms with Crippen molar-refractivity contribution in [3.05, 3.63) is 11.6 Å². The number of aryl methyl sites for hydroxylation is 1. The van der Waals surface area contributed by atoms with Crippen LogP contribution in [0.2, 0.25) is 0 Å². The van der Waals surface area contributed by atoms with Gasteiger partial charge in [-0.15, -0.1) is 10.2 Å². The summed E-state index contributed by atoms with van der Waals surface area (Å²) in [5.74, 6) is 3.23. The number of rotatable bonds is 3. The van der Waals surface area contributed by atoms with E-state index in [1.54, 1.807) is 0 Å². The topological polar surface area (TPSA) is 42.7 Å². The lowest BCUT2D eigenvalue weighted by Gasteiger charge is -2.35. The van der Waals surface area contributed by atoms with Gasteiger partial charge in [-0.25, -0.2) is 0 Å². The predicted octanol–water partition coefficient (Wildman–Crippen LogP) is 2.45. The maximum atomic E-state index is 4.42. The fraction of sp³-hybridized carbons (Fsp3) is 0.857. The van der Waals surface area contributed by atoms with Crippen molar-refractivity contribution in [2.24, 2.45) is 5.92 Å². The third-order valence-corrected chi connectivity index (χ3v) is 4.38. The second-order valence-electron chi connectivity index (χ2n) is 6.10. The molecule has 0 radical (unpaired) electrons. The molecule has 1 fully saturated rings. The minimum absolute atomic E-state index is 0.335. The van der Waals surface area contributed by atoms with E-state index in [0.29, 0.717) is 12.1 Å². The third kappa shape index (κ3) is 2.30. The highest BCUT2D eigenvalue weighted by molar-refractivity contribution is 5.03. The number of nitrogens with one attached hydrogen (secondary N) is 1. The van der Waals surface area contributed by atoms with Crippen LogP contribution in [0, 0.1) is 5.92 Å². The highest BCUT2D eigenvalue weighted by atomic mass is 15.3. The van der Waals surface area contributed by atoms with Crippen LogP contribution in [-0.2, 0) is 13.0 Å². The van der Waals surface area contributed by atoms with E-state index in [4.69, 9.17) is 0 Å². The van der Waals surface area contributed by atoms with E-state index >= 15 is 0 Å². The summed E-state index contributed by atoms with van der Waals surface area (Å²) in [6.45, 7) is 5.65. The molecule has 1 saturated carbocycles. The van der Waals surface area contributed by atoms with Crippen molar-refractivity contribution in [1.29, 1.82) is 0 Å². The Morgan fingerprint density at radius 1 is 1.22 bits per heavy atom. The molecule has 0 saturated heterocycles. The largest absolute Gasteiger partial charge is 0.314 e. The maximum absolute atomic E-state index is 4.42. The summed E-state index contributed by atoms with van der Waals surface area (Å²) >= 11 is 0. The van der Waals surface area contributed by atoms with Gasteiger partial charge in [0.05, 0.1) is 6.04 Å². The van der Waals surface area contributed by atoms with Gasteiger partial charge in [-0.05, 0) is 38.5 Å². The number of nitrogens with zero attached hydrogens (tertiary/aromatic N) is 3. The number of aromatic nitrogens is 3. The minimum Gasteiger partial charge on any atom is -0.314 e. The van der Waals surface area contributed by atoms with Crippen LogP contribution >= 0.6 is 0 Å². The van der Waals surface area contributed by atoms with Gasteiger partial charge in [0.2, 0.25) is 0 Å². The zero-order valence-corrected chi connectivity index (χ0v) is 11.5. The van der Waals surface area contributed by atoms with Crippen molar-refractivity contribution >= 4 is 0 Å². The molecule has 0 aromatic carbocycles. The standard InChI is InChI=1S/C14H24N4/c1-10-8-12(9-10)15-11(2)14-17-16-13-6-4-3-5-7-18(13)14/h10-12,15H,3-9H2,1-2H3. The van der Waals surface area contributed by atoms with Gasteiger partial charge < -0.3 is 9.88 Å². The summed E-state index contributed by atoms with van der Waals surface area (Å²) in [5, 5.41) is 12.5. The molecule has 2 heterocycles. The Bertz CT molecular complexity index is 406. The summed E-state index contributed by atoms with van der Waals surface area (Å²) in [7, 11) is 0. The molecule has 0 spiro atoms. The summed E-state index contributed by atoms with van der Waals surface area (Å²) in [4.78, 5) is 0. The first-order valence-electron chi connectivity index (χ1n) is 7.42. The molecule has 1 aromatic heterocycles. The van der Waals surface area contributed by atoms with Gasteiger partial charge in [0.25, 0.3) is 0 Å². The molecule has 2 aliphatic rings. The normalized spacial score (nSPS) is 29.2. The fourth-order valence-electron chi connectivity index (χ4n) is 3.29. The number of fused-ring (bicyclic) bond motifs is 1. The molecular formula is C14H24N4. The quantitative estimate of drug-likeness (QED) is 0.893. The van der Waals surface area contributed by atoms with Gasteiger partial charge >= 0.3 is 0 Å². The first-order chi connectivity index (χ1) is 8.74. The fourth-order valence-corrected chi connectivity index (χ4v) is 3.29. The average Bonchev–Trinajstić information content (AvgIpc) is 2.57. The van der Waals surface area contributed by atoms with Gasteiger partial charge in [-0.1, -0.05) is 13.3 Å². The molecule has 1 atom stereocenters. The molecule has 4 heteroatoms. The molecule has 0 amide bonds. The molecule has 4 nitrogen and oxygen atoms in total. The van der Waals surface area contributed by atoms with E-state index in [9.17, 15) is 0 Å². The summed E-state index contributed by atoms with van der Waals surface area (Å²) in [5.41, 5.74) is 0. The van der Waals surface area contributed by atoms with Crippen LogP contribution in [0.15, 0.2) is 0 Å². The van der Waals surface area contributed by atoms with Crippen LogP contribution in [-0.4, -0.2) is 20.8 Å². The number of hydrogen-bond acceptors (Lipinski definition) is 3. The zero-order valence-electron chi connectivity index (χ0n) is 11.5. The van der Waals surface area contributed by atoms with E-state index < -0.39 is 0 Å². The van der Waals surface area contributed by atoms with Gasteiger partial charge in [0.1, 0.15) is 11.6 Å². The van der Waals surface area contributed by atoms with Crippen LogP contribution in [0.25, 0.3) is 0 Å². The second kappa shape index (κ2) is 5.00. The third-order valence-electron chi connectivity index (χ3n) is 4.38. The van der Waals surface area contributed by atoms with E-state index in [1.807, 2.05) is 0 Å². The Morgan fingerprint density at radius 2 is 2.06 bits per heavy atom. The van der Waals surface area contributed by atoms with Gasteiger partial charge in [-0.3, -0.25) is 0 Å². The molecule has 1 aromatic rings. The van der Waals surface area contributed by atoms with E-state index in [1.165, 1.54) is 37.9 Å². The van der Waals surface area contributed by atoms with E-state index in [2.05, 4.69) is 33.9 Å². The second-order valence-corrected chi connectivity index (χ2v) is 6.10. The van der Waals surface area contributed by atoms with Crippen LogP contribution in [0.3, 0.4) is 0 Å². The average molecular weight is 248 g/mol. The number of hydrogen-bond donors (Lipinski definition) is 1. The smallest absolute Gasteiger partial charge is 0.149 e. The van der Waals surface area contributed by atoms with Crippen molar-refractivity contribution in [3.63, 3.8) is 0 Å². The SMILES string of the molecule is CC1CC(NC(C)c2nnc3n2CCCCC3)C1. The van der Waals surface area contributed by atoms with Crippen LogP contribution < -0.4 is 5.32 Å². The first kappa shape index (κ1) is 12.2. The Kier molecular flexibility index (Phi) is 3.37. The molecular weight excluding hydrogens is 224 g/mol. The van der Waals surface area contributed by atoms with Crippen molar-refractivity contribution in [2.75, 3.05) is 0 Å². The summed E-state index contributed by atoms with van der Waals surface area (Å²) < 4.78 is 2.35. The summed E-state index contributed by atoms with van der Waals surface area (Å²) in [6, 6.07) is 1.02. The highest BCUT2D eigenvalue weighted by Crippen LogP contribution is 2.28. The zero-order chi connectivity index (χ0) is 12.5. The monoisotopic (exact) mass is 248 g/mol.